The number of hydrogen-bond donors (Lipinski definition) is 2. The van der Waals surface area contributed by atoms with Crippen molar-refractivity contribution < 1.29 is 14.3 Å². The number of amides is 2. The Bertz CT molecular complexity index is 1420. The van der Waals surface area contributed by atoms with Crippen LogP contribution in [0.5, 0.6) is 5.75 Å². The first-order valence-electron chi connectivity index (χ1n) is 11.8. The predicted octanol–water partition coefficient (Wildman–Crippen LogP) is 5.89. The molecule has 0 aliphatic heterocycles. The van der Waals surface area contributed by atoms with Crippen LogP contribution >= 0.6 is 11.8 Å². The zero-order valence-corrected chi connectivity index (χ0v) is 20.8. The first-order chi connectivity index (χ1) is 17.5. The number of methoxy groups -OCH3 is 1. The van der Waals surface area contributed by atoms with Crippen LogP contribution < -0.4 is 15.4 Å². The molecule has 5 rings (SSSR count). The van der Waals surface area contributed by atoms with Gasteiger partial charge in [0.15, 0.2) is 0 Å². The molecule has 36 heavy (non-hydrogen) atoms. The van der Waals surface area contributed by atoms with Crippen LogP contribution in [0.4, 0.5) is 11.4 Å². The number of rotatable bonds is 8. The van der Waals surface area contributed by atoms with Gasteiger partial charge in [-0.2, -0.15) is 0 Å². The lowest BCUT2D eigenvalue weighted by atomic mass is 10.2. The summed E-state index contributed by atoms with van der Waals surface area (Å²) in [7, 11) is 1.56. The van der Waals surface area contributed by atoms with Gasteiger partial charge >= 0.3 is 0 Å². The summed E-state index contributed by atoms with van der Waals surface area (Å²) in [5.74, 6) is 1.48. The minimum absolute atomic E-state index is 0.137. The number of aromatic nitrogens is 2. The molecule has 1 saturated carbocycles. The monoisotopic (exact) mass is 498 g/mol. The van der Waals surface area contributed by atoms with Gasteiger partial charge in [-0.25, -0.2) is 9.97 Å². The van der Waals surface area contributed by atoms with Gasteiger partial charge < -0.3 is 15.4 Å². The summed E-state index contributed by atoms with van der Waals surface area (Å²) in [5.41, 5.74) is 2.59. The number of fused-ring (bicyclic) bond motifs is 1. The lowest BCUT2D eigenvalue weighted by Gasteiger charge is -2.14. The zero-order chi connectivity index (χ0) is 25.1. The number of anilines is 2. The van der Waals surface area contributed by atoms with Crippen LogP contribution in [0.3, 0.4) is 0 Å². The van der Waals surface area contributed by atoms with Gasteiger partial charge in [0.25, 0.3) is 5.91 Å². The second-order valence-corrected chi connectivity index (χ2v) is 9.99. The third kappa shape index (κ3) is 5.33. The van der Waals surface area contributed by atoms with Crippen molar-refractivity contribution in [1.29, 1.82) is 0 Å². The molecule has 1 fully saturated rings. The minimum atomic E-state index is -0.371. The lowest BCUT2D eigenvalue weighted by Crippen LogP contribution is -2.22. The highest BCUT2D eigenvalue weighted by atomic mass is 32.2. The third-order valence-electron chi connectivity index (χ3n) is 5.96. The molecule has 1 unspecified atom stereocenters. The van der Waals surface area contributed by atoms with E-state index in [1.165, 1.54) is 11.8 Å². The van der Waals surface area contributed by atoms with Crippen LogP contribution in [0.25, 0.3) is 10.9 Å². The Morgan fingerprint density at radius 1 is 0.944 bits per heavy atom. The number of hydrogen-bond acceptors (Lipinski definition) is 6. The number of carbonyl (C=O) groups excluding carboxylic acids is 2. The fourth-order valence-electron chi connectivity index (χ4n) is 3.79. The normalized spacial score (nSPS) is 13.7. The number of thioether (sulfide) groups is 1. The van der Waals surface area contributed by atoms with Gasteiger partial charge in [-0.05, 0) is 62.2 Å². The zero-order valence-electron chi connectivity index (χ0n) is 20.0. The summed E-state index contributed by atoms with van der Waals surface area (Å²) in [6.07, 6.45) is 2.23. The van der Waals surface area contributed by atoms with Gasteiger partial charge in [0.2, 0.25) is 5.91 Å². The maximum atomic E-state index is 12.9. The maximum absolute atomic E-state index is 12.9. The van der Waals surface area contributed by atoms with E-state index in [1.807, 2.05) is 43.3 Å². The molecule has 1 heterocycles. The summed E-state index contributed by atoms with van der Waals surface area (Å²) < 4.78 is 5.28. The van der Waals surface area contributed by atoms with E-state index < -0.39 is 0 Å². The Hall–Kier alpha value is -3.91. The van der Waals surface area contributed by atoms with E-state index in [0.717, 1.165) is 34.6 Å². The van der Waals surface area contributed by atoms with Crippen molar-refractivity contribution in [2.45, 2.75) is 36.0 Å². The number of benzene rings is 3. The van der Waals surface area contributed by atoms with Crippen molar-refractivity contribution in [1.82, 2.24) is 9.97 Å². The summed E-state index contributed by atoms with van der Waals surface area (Å²) in [6.45, 7) is 1.86. The minimum Gasteiger partial charge on any atom is -0.495 e. The molecule has 1 atom stereocenters. The van der Waals surface area contributed by atoms with Crippen molar-refractivity contribution in [3.05, 3.63) is 84.2 Å². The molecule has 1 aromatic heterocycles. The average molecular weight is 499 g/mol. The fraction of sp³-hybridized carbons (Fsp3) is 0.214. The van der Waals surface area contributed by atoms with Crippen molar-refractivity contribution >= 4 is 45.9 Å². The molecular weight excluding hydrogens is 472 g/mol. The molecule has 1 aliphatic rings. The first kappa shape index (κ1) is 23.8. The van der Waals surface area contributed by atoms with Gasteiger partial charge in [0.1, 0.15) is 16.6 Å². The smallest absolute Gasteiger partial charge is 0.255 e. The number of nitrogens with one attached hydrogen (secondary N) is 2. The second kappa shape index (κ2) is 10.4. The van der Waals surface area contributed by atoms with Crippen LogP contribution in [0.1, 0.15) is 41.9 Å². The summed E-state index contributed by atoms with van der Waals surface area (Å²) >= 11 is 1.43. The summed E-state index contributed by atoms with van der Waals surface area (Å²) in [6, 6.07) is 21.9. The van der Waals surface area contributed by atoms with E-state index >= 15 is 0 Å². The standard InChI is InChI=1S/C28H26N4O3S/c1-17(36-28-21-7-3-4-8-22(21)30-25(32-28)18-11-12-18)26(33)29-20-15-13-19(14-16-20)27(34)31-23-9-5-6-10-24(23)35-2/h3-10,13-18H,11-12H2,1-2H3,(H,29,33)(H,31,34). The quantitative estimate of drug-likeness (QED) is 0.233. The Balaban J connectivity index is 1.24. The Morgan fingerprint density at radius 2 is 1.67 bits per heavy atom. The van der Waals surface area contributed by atoms with Crippen molar-refractivity contribution in [3.8, 4) is 5.75 Å². The van der Waals surface area contributed by atoms with Crippen molar-refractivity contribution in [2.24, 2.45) is 0 Å². The number of para-hydroxylation sites is 3. The molecular formula is C28H26N4O3S. The van der Waals surface area contributed by atoms with Crippen molar-refractivity contribution in [2.75, 3.05) is 17.7 Å². The van der Waals surface area contributed by atoms with Gasteiger partial charge in [-0.15, -0.1) is 0 Å². The van der Waals surface area contributed by atoms with E-state index in [2.05, 4.69) is 10.6 Å². The summed E-state index contributed by atoms with van der Waals surface area (Å²) in [4.78, 5) is 35.1. The molecule has 2 N–H and O–H groups in total. The number of carbonyl (C=O) groups is 2. The highest BCUT2D eigenvalue weighted by molar-refractivity contribution is 8.00. The van der Waals surface area contributed by atoms with Crippen LogP contribution in [0.2, 0.25) is 0 Å². The summed E-state index contributed by atoms with van der Waals surface area (Å²) in [5, 5.41) is 7.20. The highest BCUT2D eigenvalue weighted by Crippen LogP contribution is 2.40. The van der Waals surface area contributed by atoms with Crippen LogP contribution in [-0.4, -0.2) is 34.1 Å². The molecule has 0 spiro atoms. The van der Waals surface area contributed by atoms with E-state index in [-0.39, 0.29) is 17.1 Å². The van der Waals surface area contributed by atoms with E-state index in [1.54, 1.807) is 43.5 Å². The molecule has 182 valence electrons. The molecule has 8 heteroatoms. The number of nitrogens with zero attached hydrogens (tertiary/aromatic N) is 2. The molecule has 2 amide bonds. The Kier molecular flexibility index (Phi) is 6.86. The topological polar surface area (TPSA) is 93.2 Å². The molecule has 0 saturated heterocycles. The second-order valence-electron chi connectivity index (χ2n) is 8.66. The number of ether oxygens (including phenoxy) is 1. The van der Waals surface area contributed by atoms with Gasteiger partial charge in [0.05, 0.1) is 23.6 Å². The molecule has 7 nitrogen and oxygen atoms in total. The van der Waals surface area contributed by atoms with Crippen molar-refractivity contribution in [3.63, 3.8) is 0 Å². The molecule has 4 aromatic rings. The maximum Gasteiger partial charge on any atom is 0.255 e. The predicted molar refractivity (Wildman–Crippen MR) is 143 cm³/mol. The third-order valence-corrected chi connectivity index (χ3v) is 7.06. The molecule has 1 aliphatic carbocycles. The van der Waals surface area contributed by atoms with E-state index in [0.29, 0.717) is 28.6 Å². The molecule has 0 bridgehead atoms. The van der Waals surface area contributed by atoms with Crippen LogP contribution in [0, 0.1) is 0 Å². The SMILES string of the molecule is COc1ccccc1NC(=O)c1ccc(NC(=O)C(C)Sc2nc(C3CC3)nc3ccccc23)cc1. The highest BCUT2D eigenvalue weighted by Gasteiger charge is 2.28. The Labute approximate surface area is 213 Å². The average Bonchev–Trinajstić information content (AvgIpc) is 3.75. The largest absolute Gasteiger partial charge is 0.495 e. The van der Waals surface area contributed by atoms with Gasteiger partial charge in [-0.3, -0.25) is 9.59 Å². The fourth-order valence-corrected chi connectivity index (χ4v) is 4.74. The first-order valence-corrected chi connectivity index (χ1v) is 12.7. The van der Waals surface area contributed by atoms with Crippen LogP contribution in [0.15, 0.2) is 77.8 Å². The molecule has 0 radical (unpaired) electrons. The molecule has 3 aromatic carbocycles. The van der Waals surface area contributed by atoms with Gasteiger partial charge in [0, 0.05) is 22.6 Å². The van der Waals surface area contributed by atoms with E-state index in [9.17, 15) is 9.59 Å². The van der Waals surface area contributed by atoms with E-state index in [4.69, 9.17) is 14.7 Å². The Morgan fingerprint density at radius 3 is 2.42 bits per heavy atom. The van der Waals surface area contributed by atoms with Crippen LogP contribution in [-0.2, 0) is 4.79 Å². The lowest BCUT2D eigenvalue weighted by molar-refractivity contribution is -0.115. The van der Waals surface area contributed by atoms with Gasteiger partial charge in [-0.1, -0.05) is 42.1 Å².